The molecule has 1 unspecified atom stereocenters. The summed E-state index contributed by atoms with van der Waals surface area (Å²) in [6.45, 7) is 6.09. The quantitative estimate of drug-likeness (QED) is 0.863. The van der Waals surface area contributed by atoms with Gasteiger partial charge in [0.05, 0.1) is 0 Å². The summed E-state index contributed by atoms with van der Waals surface area (Å²) in [5.74, 6) is -0.969. The minimum absolute atomic E-state index is 0.120. The SMILES string of the molecule is CC1CN(Cc2ccnc(C(=O)O)c2)CCN1C. The minimum atomic E-state index is -0.969. The molecule has 0 aliphatic carbocycles. The fraction of sp³-hybridized carbons (Fsp3) is 0.538. The summed E-state index contributed by atoms with van der Waals surface area (Å²) in [5.41, 5.74) is 1.13. The third-order valence-electron chi connectivity index (χ3n) is 3.49. The first-order valence-electron chi connectivity index (χ1n) is 6.17. The van der Waals surface area contributed by atoms with E-state index in [0.29, 0.717) is 6.04 Å². The molecule has 1 saturated heterocycles. The van der Waals surface area contributed by atoms with Crippen LogP contribution in [0, 0.1) is 0 Å². The van der Waals surface area contributed by atoms with Gasteiger partial charge in [-0.3, -0.25) is 4.90 Å². The first kappa shape index (κ1) is 13.0. The number of nitrogens with zero attached hydrogens (tertiary/aromatic N) is 3. The fourth-order valence-corrected chi connectivity index (χ4v) is 2.22. The Labute approximate surface area is 107 Å². The number of aromatic nitrogens is 1. The highest BCUT2D eigenvalue weighted by atomic mass is 16.4. The number of carbonyl (C=O) groups is 1. The van der Waals surface area contributed by atoms with Crippen LogP contribution < -0.4 is 0 Å². The monoisotopic (exact) mass is 249 g/mol. The molecule has 0 saturated carbocycles. The van der Waals surface area contributed by atoms with Gasteiger partial charge >= 0.3 is 5.97 Å². The lowest BCUT2D eigenvalue weighted by Gasteiger charge is -2.37. The molecule has 98 valence electrons. The predicted molar refractivity (Wildman–Crippen MR) is 68.6 cm³/mol. The Hall–Kier alpha value is -1.46. The van der Waals surface area contributed by atoms with E-state index in [-0.39, 0.29) is 5.69 Å². The molecule has 5 nitrogen and oxygen atoms in total. The van der Waals surface area contributed by atoms with Crippen molar-refractivity contribution in [1.29, 1.82) is 0 Å². The number of carboxylic acid groups (broad SMARTS) is 1. The number of rotatable bonds is 3. The van der Waals surface area contributed by atoms with Crippen LogP contribution in [0.2, 0.25) is 0 Å². The van der Waals surface area contributed by atoms with E-state index in [0.717, 1.165) is 31.7 Å². The predicted octanol–water partition coefficient (Wildman–Crippen LogP) is 0.916. The summed E-state index contributed by atoms with van der Waals surface area (Å²) in [5, 5.41) is 8.91. The second-order valence-electron chi connectivity index (χ2n) is 4.92. The van der Waals surface area contributed by atoms with Crippen molar-refractivity contribution in [3.63, 3.8) is 0 Å². The molecule has 18 heavy (non-hydrogen) atoms. The lowest BCUT2D eigenvalue weighted by atomic mass is 10.1. The Morgan fingerprint density at radius 3 is 3.00 bits per heavy atom. The molecule has 5 heteroatoms. The van der Waals surface area contributed by atoms with Crippen LogP contribution in [0.1, 0.15) is 23.0 Å². The molecular formula is C13H19N3O2. The smallest absolute Gasteiger partial charge is 0.354 e. The molecule has 1 aliphatic rings. The normalized spacial score (nSPS) is 22.0. The Morgan fingerprint density at radius 2 is 2.33 bits per heavy atom. The zero-order valence-corrected chi connectivity index (χ0v) is 10.8. The van der Waals surface area contributed by atoms with Crippen molar-refractivity contribution in [2.75, 3.05) is 26.7 Å². The molecule has 2 rings (SSSR count). The van der Waals surface area contributed by atoms with E-state index in [1.54, 1.807) is 12.3 Å². The number of piperazine rings is 1. The third kappa shape index (κ3) is 3.05. The van der Waals surface area contributed by atoms with Gasteiger partial charge in [0, 0.05) is 38.4 Å². The van der Waals surface area contributed by atoms with Crippen LogP contribution >= 0.6 is 0 Å². The van der Waals surface area contributed by atoms with Gasteiger partial charge in [0.15, 0.2) is 0 Å². The van der Waals surface area contributed by atoms with E-state index in [4.69, 9.17) is 5.11 Å². The van der Waals surface area contributed by atoms with Crippen LogP contribution in [-0.4, -0.2) is 58.6 Å². The molecule has 1 N–H and O–H groups in total. The van der Waals surface area contributed by atoms with Crippen LogP contribution in [0.15, 0.2) is 18.3 Å². The summed E-state index contributed by atoms with van der Waals surface area (Å²) in [7, 11) is 2.14. The zero-order chi connectivity index (χ0) is 13.1. The number of hydrogen-bond acceptors (Lipinski definition) is 4. The van der Waals surface area contributed by atoms with E-state index in [1.807, 2.05) is 6.07 Å². The maximum atomic E-state index is 10.9. The van der Waals surface area contributed by atoms with Crippen molar-refractivity contribution < 1.29 is 9.90 Å². The van der Waals surface area contributed by atoms with Crippen molar-refractivity contribution in [3.05, 3.63) is 29.6 Å². The lowest BCUT2D eigenvalue weighted by Crippen LogP contribution is -2.49. The Kier molecular flexibility index (Phi) is 3.93. The van der Waals surface area contributed by atoms with Crippen LogP contribution in [0.5, 0.6) is 0 Å². The van der Waals surface area contributed by atoms with Gasteiger partial charge in [-0.2, -0.15) is 0 Å². The molecule has 1 aromatic heterocycles. The van der Waals surface area contributed by atoms with E-state index in [9.17, 15) is 4.79 Å². The molecule has 0 aromatic carbocycles. The first-order chi connectivity index (χ1) is 8.56. The highest BCUT2D eigenvalue weighted by molar-refractivity contribution is 5.85. The Bertz CT molecular complexity index is 436. The molecule has 0 radical (unpaired) electrons. The Morgan fingerprint density at radius 1 is 1.56 bits per heavy atom. The molecule has 0 spiro atoms. The summed E-state index contributed by atoms with van der Waals surface area (Å²) in [6.07, 6.45) is 1.57. The van der Waals surface area contributed by atoms with Crippen LogP contribution in [0.25, 0.3) is 0 Å². The van der Waals surface area contributed by atoms with Crippen molar-refractivity contribution in [1.82, 2.24) is 14.8 Å². The maximum absolute atomic E-state index is 10.9. The van der Waals surface area contributed by atoms with Crippen LogP contribution in [-0.2, 0) is 6.54 Å². The molecule has 1 aliphatic heterocycles. The van der Waals surface area contributed by atoms with Gasteiger partial charge in [-0.05, 0) is 31.7 Å². The van der Waals surface area contributed by atoms with E-state index < -0.39 is 5.97 Å². The fourth-order valence-electron chi connectivity index (χ4n) is 2.22. The van der Waals surface area contributed by atoms with Gasteiger partial charge in [-0.15, -0.1) is 0 Å². The highest BCUT2D eigenvalue weighted by Gasteiger charge is 2.20. The maximum Gasteiger partial charge on any atom is 0.354 e. The molecule has 1 fully saturated rings. The Balaban J connectivity index is 2.01. The van der Waals surface area contributed by atoms with Gasteiger partial charge in [-0.25, -0.2) is 9.78 Å². The van der Waals surface area contributed by atoms with Crippen molar-refractivity contribution in [2.45, 2.75) is 19.5 Å². The second kappa shape index (κ2) is 5.46. The number of carboxylic acids is 1. The van der Waals surface area contributed by atoms with Gasteiger partial charge in [0.1, 0.15) is 5.69 Å². The van der Waals surface area contributed by atoms with Gasteiger partial charge in [0.25, 0.3) is 0 Å². The largest absolute Gasteiger partial charge is 0.477 e. The van der Waals surface area contributed by atoms with Gasteiger partial charge in [0.2, 0.25) is 0 Å². The zero-order valence-electron chi connectivity index (χ0n) is 10.8. The van der Waals surface area contributed by atoms with E-state index in [1.165, 1.54) is 0 Å². The standard InChI is InChI=1S/C13H19N3O2/c1-10-8-16(6-5-15(10)2)9-11-3-4-14-12(7-11)13(17)18/h3-4,7,10H,5-6,8-9H2,1-2H3,(H,17,18). The van der Waals surface area contributed by atoms with Crippen molar-refractivity contribution >= 4 is 5.97 Å². The van der Waals surface area contributed by atoms with E-state index >= 15 is 0 Å². The van der Waals surface area contributed by atoms with Gasteiger partial charge in [-0.1, -0.05) is 0 Å². The molecule has 0 bridgehead atoms. The van der Waals surface area contributed by atoms with Crippen molar-refractivity contribution in [2.24, 2.45) is 0 Å². The minimum Gasteiger partial charge on any atom is -0.477 e. The number of hydrogen-bond donors (Lipinski definition) is 1. The van der Waals surface area contributed by atoms with E-state index in [2.05, 4.69) is 28.8 Å². The lowest BCUT2D eigenvalue weighted by molar-refractivity contribution is 0.0689. The molecule has 1 atom stereocenters. The van der Waals surface area contributed by atoms with Crippen LogP contribution in [0.3, 0.4) is 0 Å². The number of likely N-dealkylation sites (N-methyl/N-ethyl adjacent to an activating group) is 1. The average molecular weight is 249 g/mol. The summed E-state index contributed by atoms with van der Waals surface area (Å²) in [4.78, 5) is 19.4. The molecule has 2 heterocycles. The topological polar surface area (TPSA) is 56.7 Å². The summed E-state index contributed by atoms with van der Waals surface area (Å²) >= 11 is 0. The number of aromatic carboxylic acids is 1. The van der Waals surface area contributed by atoms with Gasteiger partial charge < -0.3 is 10.0 Å². The third-order valence-corrected chi connectivity index (χ3v) is 3.49. The number of pyridine rings is 1. The molecular weight excluding hydrogens is 230 g/mol. The summed E-state index contributed by atoms with van der Waals surface area (Å²) in [6, 6.07) is 4.08. The molecule has 0 amide bonds. The van der Waals surface area contributed by atoms with Crippen LogP contribution in [0.4, 0.5) is 0 Å². The average Bonchev–Trinajstić information content (AvgIpc) is 2.34. The molecule has 1 aromatic rings. The highest BCUT2D eigenvalue weighted by Crippen LogP contribution is 2.12. The first-order valence-corrected chi connectivity index (χ1v) is 6.17. The second-order valence-corrected chi connectivity index (χ2v) is 4.92. The summed E-state index contributed by atoms with van der Waals surface area (Å²) < 4.78 is 0. The van der Waals surface area contributed by atoms with Crippen molar-refractivity contribution in [3.8, 4) is 0 Å².